The van der Waals surface area contributed by atoms with E-state index < -0.39 is 34.5 Å². The molecule has 0 radical (unpaired) electrons. The fraction of sp³-hybridized carbons (Fsp3) is 0.391. The summed E-state index contributed by atoms with van der Waals surface area (Å²) in [5.74, 6) is -1.79. The molecule has 0 spiro atoms. The van der Waals surface area contributed by atoms with E-state index in [1.54, 1.807) is 19.1 Å². The van der Waals surface area contributed by atoms with Crippen LogP contribution in [0.5, 0.6) is 0 Å². The van der Waals surface area contributed by atoms with Crippen molar-refractivity contribution in [3.63, 3.8) is 0 Å². The number of amides is 2. The lowest BCUT2D eigenvalue weighted by Gasteiger charge is -2.33. The normalized spacial score (nSPS) is 12.3. The molecule has 0 bridgehead atoms. The van der Waals surface area contributed by atoms with Crippen LogP contribution in [0.3, 0.4) is 0 Å². The quantitative estimate of drug-likeness (QED) is 0.460. The Kier molecular flexibility index (Phi) is 10.0. The van der Waals surface area contributed by atoms with Crippen LogP contribution in [0.25, 0.3) is 0 Å². The van der Waals surface area contributed by atoms with Crippen molar-refractivity contribution in [2.75, 3.05) is 31.5 Å². The molecule has 0 aliphatic carbocycles. The van der Waals surface area contributed by atoms with Crippen molar-refractivity contribution < 1.29 is 22.4 Å². The van der Waals surface area contributed by atoms with E-state index in [0.29, 0.717) is 6.54 Å². The molecule has 0 aromatic heterocycles. The Balaban J connectivity index is 2.44. The highest BCUT2D eigenvalue weighted by molar-refractivity contribution is 9.10. The molecule has 2 aromatic carbocycles. The number of hydrogen-bond donors (Lipinski definition) is 1. The number of benzene rings is 2. The van der Waals surface area contributed by atoms with E-state index in [2.05, 4.69) is 21.2 Å². The first-order valence-electron chi connectivity index (χ1n) is 10.7. The predicted octanol–water partition coefficient (Wildman–Crippen LogP) is 3.14. The second-order valence-electron chi connectivity index (χ2n) is 7.86. The van der Waals surface area contributed by atoms with Gasteiger partial charge in [0.15, 0.2) is 0 Å². The first-order chi connectivity index (χ1) is 16.0. The zero-order chi connectivity index (χ0) is 25.5. The molecule has 0 saturated heterocycles. The number of carbonyl (C=O) groups excluding carboxylic acids is 2. The third-order valence-electron chi connectivity index (χ3n) is 5.12. The lowest BCUT2D eigenvalue weighted by atomic mass is 10.1. The maximum atomic E-state index is 14.6. The summed E-state index contributed by atoms with van der Waals surface area (Å²) in [6, 6.07) is 11.7. The molecule has 8 nitrogen and oxygen atoms in total. The third-order valence-corrected chi connectivity index (χ3v) is 7.46. The van der Waals surface area contributed by atoms with Gasteiger partial charge in [-0.2, -0.15) is 12.7 Å². The van der Waals surface area contributed by atoms with Gasteiger partial charge in [0.05, 0.1) is 5.69 Å². The lowest BCUT2D eigenvalue weighted by Crippen LogP contribution is -2.52. The van der Waals surface area contributed by atoms with Gasteiger partial charge in [0.25, 0.3) is 0 Å². The number of nitrogens with zero attached hydrogens (tertiary/aromatic N) is 3. The fourth-order valence-corrected chi connectivity index (χ4v) is 4.45. The van der Waals surface area contributed by atoms with E-state index in [-0.39, 0.29) is 18.1 Å². The summed E-state index contributed by atoms with van der Waals surface area (Å²) in [7, 11) is -1.61. The molecular formula is C23H30BrFN4O4S. The SMILES string of the molecule is CCCNC(=O)C(C)N(Cc1ccc(Br)cc1)C(=O)CN(c1ccccc1F)S(=O)(=O)N(C)C. The number of para-hydroxylation sites is 1. The summed E-state index contributed by atoms with van der Waals surface area (Å²) >= 11 is 3.36. The molecule has 0 heterocycles. The number of halogens is 2. The highest BCUT2D eigenvalue weighted by atomic mass is 79.9. The molecule has 0 fully saturated rings. The van der Waals surface area contributed by atoms with Crippen LogP contribution in [0.4, 0.5) is 10.1 Å². The Morgan fingerprint density at radius 3 is 2.26 bits per heavy atom. The summed E-state index contributed by atoms with van der Waals surface area (Å²) in [5, 5.41) is 2.76. The van der Waals surface area contributed by atoms with E-state index >= 15 is 0 Å². The van der Waals surface area contributed by atoms with Gasteiger partial charge < -0.3 is 10.2 Å². The fourth-order valence-electron chi connectivity index (χ4n) is 3.12. The Hall–Kier alpha value is -2.50. The molecule has 34 heavy (non-hydrogen) atoms. The van der Waals surface area contributed by atoms with Crippen molar-refractivity contribution in [3.8, 4) is 0 Å². The van der Waals surface area contributed by atoms with E-state index in [9.17, 15) is 22.4 Å². The smallest absolute Gasteiger partial charge is 0.304 e. The predicted molar refractivity (Wildman–Crippen MR) is 134 cm³/mol. The molecule has 1 atom stereocenters. The molecule has 1 unspecified atom stereocenters. The van der Waals surface area contributed by atoms with Crippen LogP contribution in [0.15, 0.2) is 53.0 Å². The van der Waals surface area contributed by atoms with Gasteiger partial charge in [-0.3, -0.25) is 9.59 Å². The number of anilines is 1. The molecule has 1 N–H and O–H groups in total. The summed E-state index contributed by atoms with van der Waals surface area (Å²) in [5.41, 5.74) is 0.496. The molecule has 11 heteroatoms. The van der Waals surface area contributed by atoms with E-state index in [4.69, 9.17) is 0 Å². The zero-order valence-electron chi connectivity index (χ0n) is 19.7. The number of nitrogens with one attached hydrogen (secondary N) is 1. The second kappa shape index (κ2) is 12.3. The first-order valence-corrected chi connectivity index (χ1v) is 12.9. The zero-order valence-corrected chi connectivity index (χ0v) is 22.1. The Labute approximate surface area is 209 Å². The minimum Gasteiger partial charge on any atom is -0.354 e. The van der Waals surface area contributed by atoms with Gasteiger partial charge in [-0.15, -0.1) is 0 Å². The second-order valence-corrected chi connectivity index (χ2v) is 10.8. The van der Waals surface area contributed by atoms with Crippen LogP contribution in [-0.4, -0.2) is 62.7 Å². The summed E-state index contributed by atoms with van der Waals surface area (Å²) in [6.45, 7) is 3.33. The van der Waals surface area contributed by atoms with Gasteiger partial charge in [-0.25, -0.2) is 8.70 Å². The third kappa shape index (κ3) is 7.00. The maximum absolute atomic E-state index is 14.6. The van der Waals surface area contributed by atoms with Crippen LogP contribution in [-0.2, 0) is 26.3 Å². The van der Waals surface area contributed by atoms with E-state index in [1.807, 2.05) is 19.1 Å². The van der Waals surface area contributed by atoms with Gasteiger partial charge in [0.1, 0.15) is 18.4 Å². The van der Waals surface area contributed by atoms with Crippen LogP contribution in [0.1, 0.15) is 25.8 Å². The van der Waals surface area contributed by atoms with Crippen molar-refractivity contribution in [1.82, 2.24) is 14.5 Å². The summed E-state index contributed by atoms with van der Waals surface area (Å²) < 4.78 is 43.1. The number of carbonyl (C=O) groups is 2. The Morgan fingerprint density at radius 1 is 1.09 bits per heavy atom. The Morgan fingerprint density at radius 2 is 1.71 bits per heavy atom. The maximum Gasteiger partial charge on any atom is 0.304 e. The summed E-state index contributed by atoms with van der Waals surface area (Å²) in [6.07, 6.45) is 0.723. The molecule has 0 saturated carbocycles. The first kappa shape index (κ1) is 27.7. The lowest BCUT2D eigenvalue weighted by molar-refractivity contribution is -0.139. The molecule has 0 aliphatic rings. The van der Waals surface area contributed by atoms with Crippen molar-refractivity contribution in [1.29, 1.82) is 0 Å². The van der Waals surface area contributed by atoms with Crippen molar-refractivity contribution in [2.24, 2.45) is 0 Å². The largest absolute Gasteiger partial charge is 0.354 e. The number of hydrogen-bond acceptors (Lipinski definition) is 4. The van der Waals surface area contributed by atoms with Gasteiger partial charge >= 0.3 is 10.2 Å². The topological polar surface area (TPSA) is 90.0 Å². The minimum atomic E-state index is -4.21. The van der Waals surface area contributed by atoms with Crippen LogP contribution >= 0.6 is 15.9 Å². The number of rotatable bonds is 11. The average molecular weight is 557 g/mol. The van der Waals surface area contributed by atoms with Crippen molar-refractivity contribution in [3.05, 3.63) is 64.4 Å². The molecule has 2 amide bonds. The molecule has 2 aromatic rings. The minimum absolute atomic E-state index is 0.0694. The highest BCUT2D eigenvalue weighted by Crippen LogP contribution is 2.24. The average Bonchev–Trinajstić information content (AvgIpc) is 2.80. The van der Waals surface area contributed by atoms with Gasteiger partial charge in [-0.1, -0.05) is 47.1 Å². The van der Waals surface area contributed by atoms with Gasteiger partial charge in [0, 0.05) is 31.7 Å². The molecule has 2 rings (SSSR count). The van der Waals surface area contributed by atoms with Gasteiger partial charge in [0.2, 0.25) is 11.8 Å². The molecular weight excluding hydrogens is 527 g/mol. The standard InChI is InChI=1S/C23H30BrFN4O4S/c1-5-14-26-23(31)17(2)28(15-18-10-12-19(24)13-11-18)22(30)16-29(34(32,33)27(3)4)21-9-7-6-8-20(21)25/h6-13,17H,5,14-16H2,1-4H3,(H,26,31). The Bertz CT molecular complexity index is 1100. The molecule has 0 aliphatic heterocycles. The van der Waals surface area contributed by atoms with Crippen molar-refractivity contribution >= 4 is 43.6 Å². The van der Waals surface area contributed by atoms with Gasteiger partial charge in [-0.05, 0) is 43.2 Å². The van der Waals surface area contributed by atoms with E-state index in [0.717, 1.165) is 31.1 Å². The van der Waals surface area contributed by atoms with Crippen LogP contribution < -0.4 is 9.62 Å². The monoisotopic (exact) mass is 556 g/mol. The van der Waals surface area contributed by atoms with Crippen LogP contribution in [0.2, 0.25) is 0 Å². The van der Waals surface area contributed by atoms with Crippen molar-refractivity contribution in [2.45, 2.75) is 32.9 Å². The highest BCUT2D eigenvalue weighted by Gasteiger charge is 2.33. The summed E-state index contributed by atoms with van der Waals surface area (Å²) in [4.78, 5) is 27.5. The molecule has 186 valence electrons. The van der Waals surface area contributed by atoms with E-state index in [1.165, 1.54) is 37.2 Å². The van der Waals surface area contributed by atoms with Crippen LogP contribution in [0, 0.1) is 5.82 Å².